The number of ether oxygens (including phenoxy) is 2. The minimum absolute atomic E-state index is 0.0445. The summed E-state index contributed by atoms with van der Waals surface area (Å²) >= 11 is 0. The van der Waals surface area contributed by atoms with E-state index in [1.54, 1.807) is 20.8 Å². The highest BCUT2D eigenvalue weighted by atomic mass is 16.5. The van der Waals surface area contributed by atoms with Crippen LogP contribution in [0, 0.1) is 11.8 Å². The van der Waals surface area contributed by atoms with E-state index in [0.29, 0.717) is 17.9 Å². The smallest absolute Gasteiger partial charge is 0.337 e. The number of carbonyl (C=O) groups excluding carboxylic acids is 2. The second-order valence-corrected chi connectivity index (χ2v) is 6.22. The number of hydrogen-bond donors (Lipinski definition) is 1. The molecule has 2 atom stereocenters. The van der Waals surface area contributed by atoms with E-state index in [1.165, 1.54) is 0 Å². The number of aliphatic hydroxyl groups is 1. The molecule has 0 aromatic heterocycles. The molecule has 0 aromatic rings. The standard InChI is InChI=1S/C18H28O5/c1-6-22-16(19)10-15(17(20)23-7-2)18(21)11-14(12(3)4)9-8-13(18)5/h8,10,12,14,21H,6-7,9,11H2,1-5H3/b15-10+/t14-,18-/m1/s1. The monoisotopic (exact) mass is 324 g/mol. The molecule has 1 aliphatic rings. The first-order valence-electron chi connectivity index (χ1n) is 8.21. The van der Waals surface area contributed by atoms with Gasteiger partial charge in [0.2, 0.25) is 0 Å². The van der Waals surface area contributed by atoms with Gasteiger partial charge in [0.1, 0.15) is 5.60 Å². The van der Waals surface area contributed by atoms with Crippen molar-refractivity contribution in [1.29, 1.82) is 0 Å². The van der Waals surface area contributed by atoms with Crippen LogP contribution in [0.25, 0.3) is 0 Å². The molecular formula is C18H28O5. The molecule has 0 saturated carbocycles. The van der Waals surface area contributed by atoms with Crippen LogP contribution >= 0.6 is 0 Å². The predicted molar refractivity (Wildman–Crippen MR) is 87.6 cm³/mol. The summed E-state index contributed by atoms with van der Waals surface area (Å²) in [5.74, 6) is -0.746. The molecule has 5 heteroatoms. The summed E-state index contributed by atoms with van der Waals surface area (Å²) in [7, 11) is 0. The Kier molecular flexibility index (Phi) is 7.01. The van der Waals surface area contributed by atoms with Gasteiger partial charge < -0.3 is 14.6 Å². The van der Waals surface area contributed by atoms with Crippen LogP contribution in [-0.2, 0) is 19.1 Å². The van der Waals surface area contributed by atoms with Crippen molar-refractivity contribution in [3.05, 3.63) is 23.3 Å². The van der Waals surface area contributed by atoms with Crippen molar-refractivity contribution in [3.63, 3.8) is 0 Å². The minimum atomic E-state index is -1.49. The van der Waals surface area contributed by atoms with Gasteiger partial charge in [-0.3, -0.25) is 0 Å². The third-order valence-corrected chi connectivity index (χ3v) is 4.37. The highest BCUT2D eigenvalue weighted by Gasteiger charge is 2.43. The number of esters is 2. The summed E-state index contributed by atoms with van der Waals surface area (Å²) in [5.41, 5.74) is -0.874. The highest BCUT2D eigenvalue weighted by Crippen LogP contribution is 2.41. The lowest BCUT2D eigenvalue weighted by Gasteiger charge is -2.39. The summed E-state index contributed by atoms with van der Waals surface area (Å²) in [6.07, 6.45) is 4.24. The van der Waals surface area contributed by atoms with E-state index in [2.05, 4.69) is 13.8 Å². The van der Waals surface area contributed by atoms with Gasteiger partial charge in [0, 0.05) is 6.08 Å². The molecule has 1 aliphatic carbocycles. The average molecular weight is 324 g/mol. The molecule has 23 heavy (non-hydrogen) atoms. The van der Waals surface area contributed by atoms with E-state index >= 15 is 0 Å². The van der Waals surface area contributed by atoms with Crippen LogP contribution in [0.4, 0.5) is 0 Å². The van der Waals surface area contributed by atoms with Crippen LogP contribution in [0.1, 0.15) is 47.5 Å². The molecule has 0 amide bonds. The van der Waals surface area contributed by atoms with Crippen LogP contribution in [0.3, 0.4) is 0 Å². The van der Waals surface area contributed by atoms with Crippen LogP contribution in [-0.4, -0.2) is 35.9 Å². The van der Waals surface area contributed by atoms with Gasteiger partial charge in [-0.2, -0.15) is 0 Å². The van der Waals surface area contributed by atoms with E-state index in [9.17, 15) is 14.7 Å². The van der Waals surface area contributed by atoms with Gasteiger partial charge in [-0.25, -0.2) is 9.59 Å². The lowest BCUT2D eigenvalue weighted by molar-refractivity contribution is -0.143. The van der Waals surface area contributed by atoms with Crippen molar-refractivity contribution in [2.75, 3.05) is 13.2 Å². The molecule has 0 unspecified atom stereocenters. The lowest BCUT2D eigenvalue weighted by atomic mass is 9.70. The van der Waals surface area contributed by atoms with Gasteiger partial charge in [-0.1, -0.05) is 19.9 Å². The molecule has 0 radical (unpaired) electrons. The fourth-order valence-corrected chi connectivity index (χ4v) is 2.81. The quantitative estimate of drug-likeness (QED) is 0.462. The largest absolute Gasteiger partial charge is 0.463 e. The molecule has 0 aromatic carbocycles. The maximum Gasteiger partial charge on any atom is 0.337 e. The number of allylic oxidation sites excluding steroid dienone is 1. The summed E-state index contributed by atoms with van der Waals surface area (Å²) < 4.78 is 9.94. The SMILES string of the molecule is CCOC(=O)/C=C(\C(=O)OCC)[C@@]1(O)C[C@H](C(C)C)CC=C1C. The van der Waals surface area contributed by atoms with Gasteiger partial charge >= 0.3 is 11.9 Å². The van der Waals surface area contributed by atoms with Gasteiger partial charge in [0.05, 0.1) is 18.8 Å². The first kappa shape index (κ1) is 19.4. The fraction of sp³-hybridized carbons (Fsp3) is 0.667. The van der Waals surface area contributed by atoms with E-state index in [1.807, 2.05) is 6.08 Å². The van der Waals surface area contributed by atoms with Crippen molar-refractivity contribution in [2.24, 2.45) is 11.8 Å². The minimum Gasteiger partial charge on any atom is -0.463 e. The summed E-state index contributed by atoms with van der Waals surface area (Å²) in [6.45, 7) is 9.68. The first-order chi connectivity index (χ1) is 10.8. The Morgan fingerprint density at radius 1 is 1.35 bits per heavy atom. The van der Waals surface area contributed by atoms with Gasteiger partial charge in [0.25, 0.3) is 0 Å². The van der Waals surface area contributed by atoms with Crippen molar-refractivity contribution in [2.45, 2.75) is 53.1 Å². The number of rotatable bonds is 6. The molecular weight excluding hydrogens is 296 g/mol. The second kappa shape index (κ2) is 8.29. The zero-order valence-corrected chi connectivity index (χ0v) is 14.7. The average Bonchev–Trinajstić information content (AvgIpc) is 2.48. The Morgan fingerprint density at radius 2 is 1.96 bits per heavy atom. The maximum atomic E-state index is 12.3. The molecule has 0 heterocycles. The van der Waals surface area contributed by atoms with Gasteiger partial charge in [0.15, 0.2) is 0 Å². The van der Waals surface area contributed by atoms with Crippen LogP contribution in [0.2, 0.25) is 0 Å². The van der Waals surface area contributed by atoms with Crippen molar-refractivity contribution < 1.29 is 24.2 Å². The van der Waals surface area contributed by atoms with E-state index in [4.69, 9.17) is 9.47 Å². The third-order valence-electron chi connectivity index (χ3n) is 4.37. The lowest BCUT2D eigenvalue weighted by Crippen LogP contribution is -2.42. The molecule has 0 saturated heterocycles. The highest BCUT2D eigenvalue weighted by molar-refractivity contribution is 5.98. The number of hydrogen-bond acceptors (Lipinski definition) is 5. The summed E-state index contributed by atoms with van der Waals surface area (Å²) in [6, 6.07) is 0. The van der Waals surface area contributed by atoms with Crippen LogP contribution in [0.15, 0.2) is 23.3 Å². The van der Waals surface area contributed by atoms with E-state index in [-0.39, 0.29) is 24.7 Å². The van der Waals surface area contributed by atoms with E-state index < -0.39 is 17.5 Å². The molecule has 5 nitrogen and oxygen atoms in total. The Hall–Kier alpha value is -1.62. The normalized spacial score (nSPS) is 25.1. The fourth-order valence-electron chi connectivity index (χ4n) is 2.81. The van der Waals surface area contributed by atoms with Crippen LogP contribution in [0.5, 0.6) is 0 Å². The maximum absolute atomic E-state index is 12.3. The molecule has 0 aliphatic heterocycles. The molecule has 0 bridgehead atoms. The van der Waals surface area contributed by atoms with Gasteiger partial charge in [-0.05, 0) is 51.0 Å². The molecule has 130 valence electrons. The molecule has 0 fully saturated rings. The predicted octanol–water partition coefficient (Wildman–Crippen LogP) is 2.78. The van der Waals surface area contributed by atoms with Crippen molar-refractivity contribution >= 4 is 11.9 Å². The van der Waals surface area contributed by atoms with E-state index in [0.717, 1.165) is 12.5 Å². The molecule has 1 rings (SSSR count). The van der Waals surface area contributed by atoms with Gasteiger partial charge in [-0.15, -0.1) is 0 Å². The zero-order chi connectivity index (χ0) is 17.6. The Bertz CT molecular complexity index is 504. The Morgan fingerprint density at radius 3 is 2.48 bits per heavy atom. The molecule has 1 N–H and O–H groups in total. The van der Waals surface area contributed by atoms with Crippen LogP contribution < -0.4 is 0 Å². The topological polar surface area (TPSA) is 72.8 Å². The second-order valence-electron chi connectivity index (χ2n) is 6.22. The first-order valence-corrected chi connectivity index (χ1v) is 8.21. The van der Waals surface area contributed by atoms with Crippen molar-refractivity contribution in [3.8, 4) is 0 Å². The summed E-state index contributed by atoms with van der Waals surface area (Å²) in [5, 5.41) is 11.2. The third kappa shape index (κ3) is 4.67. The number of carbonyl (C=O) groups is 2. The zero-order valence-electron chi connectivity index (χ0n) is 14.7. The Labute approximate surface area is 138 Å². The summed E-state index contributed by atoms with van der Waals surface area (Å²) in [4.78, 5) is 24.2. The van der Waals surface area contributed by atoms with Crippen molar-refractivity contribution in [1.82, 2.24) is 0 Å². The molecule has 0 spiro atoms. The Balaban J connectivity index is 3.27.